The quantitative estimate of drug-likeness (QED) is 0.254. The minimum absolute atomic E-state index is 0.0189. The summed E-state index contributed by atoms with van der Waals surface area (Å²) in [4.78, 5) is 20.1. The summed E-state index contributed by atoms with van der Waals surface area (Å²) < 4.78 is 20.8. The molecule has 11 nitrogen and oxygen atoms in total. The highest BCUT2D eigenvalue weighted by molar-refractivity contribution is 7.59. The molecule has 0 radical (unpaired) electrons. The lowest BCUT2D eigenvalue weighted by atomic mass is 10.2. The van der Waals surface area contributed by atoms with Gasteiger partial charge in [-0.3, -0.25) is 25.7 Å². The van der Waals surface area contributed by atoms with Crippen molar-refractivity contribution in [2.45, 2.75) is 0 Å². The molecule has 1 aromatic carbocycles. The summed E-state index contributed by atoms with van der Waals surface area (Å²) in [6.07, 6.45) is 3.90. The molecule has 0 fully saturated rings. The Morgan fingerprint density at radius 1 is 1.24 bits per heavy atom. The Hall–Kier alpha value is -3.06. The molecule has 0 aliphatic rings. The molecular weight excluding hydrogens is 355 g/mol. The topological polar surface area (TPSA) is 146 Å². The van der Waals surface area contributed by atoms with Crippen LogP contribution >= 0.6 is 7.60 Å². The molecule has 0 saturated carbocycles. The summed E-state index contributed by atoms with van der Waals surface area (Å²) in [5.41, 5.74) is 3.76. The molecule has 0 aromatic heterocycles. The first-order chi connectivity index (χ1) is 11.8. The van der Waals surface area contributed by atoms with E-state index in [0.29, 0.717) is 0 Å². The fraction of sp³-hybridized carbons (Fsp3) is 0.154. The van der Waals surface area contributed by atoms with Gasteiger partial charge in [-0.25, -0.2) is 4.57 Å². The molecule has 1 rings (SSSR count). The molecule has 0 saturated heterocycles. The zero-order chi connectivity index (χ0) is 18.9. The second-order valence-electron chi connectivity index (χ2n) is 4.08. The lowest BCUT2D eigenvalue weighted by Gasteiger charge is -2.03. The van der Waals surface area contributed by atoms with Crippen LogP contribution in [-0.4, -0.2) is 30.3 Å². The van der Waals surface area contributed by atoms with Crippen LogP contribution in [0, 0.1) is 31.8 Å². The van der Waals surface area contributed by atoms with Crippen LogP contribution in [-0.2, 0) is 13.6 Å². The van der Waals surface area contributed by atoms with Crippen LogP contribution in [0.1, 0.15) is 0 Å². The molecule has 0 aliphatic heterocycles. The number of nitrogens with zero attached hydrogens (tertiary/aromatic N) is 3. The van der Waals surface area contributed by atoms with Gasteiger partial charge in [0.15, 0.2) is 0 Å². The minimum Gasteiger partial charge on any atom is -0.303 e. The van der Waals surface area contributed by atoms with Gasteiger partial charge >= 0.3 is 13.3 Å². The monoisotopic (exact) mass is 368 g/mol. The van der Waals surface area contributed by atoms with Crippen molar-refractivity contribution in [1.82, 2.24) is 0 Å². The average molecular weight is 368 g/mol. The lowest BCUT2D eigenvalue weighted by Crippen LogP contribution is -1.98. The van der Waals surface area contributed by atoms with Gasteiger partial charge in [0.2, 0.25) is 0 Å². The predicted octanol–water partition coefficient (Wildman–Crippen LogP) is 2.90. The summed E-state index contributed by atoms with van der Waals surface area (Å²) in [6.45, 7) is 0. The van der Waals surface area contributed by atoms with Crippen molar-refractivity contribution in [3.05, 3.63) is 50.6 Å². The summed E-state index contributed by atoms with van der Waals surface area (Å²) >= 11 is 0. The van der Waals surface area contributed by atoms with Crippen LogP contribution in [0.4, 0.5) is 17.1 Å². The van der Waals surface area contributed by atoms with Crippen LogP contribution < -0.4 is 5.43 Å². The first kappa shape index (κ1) is 20.0. The van der Waals surface area contributed by atoms with Gasteiger partial charge in [0.05, 0.1) is 15.9 Å². The summed E-state index contributed by atoms with van der Waals surface area (Å²) in [6, 6.07) is 3.11. The molecule has 0 amide bonds. The Balaban J connectivity index is 2.79. The van der Waals surface area contributed by atoms with Gasteiger partial charge in [-0.1, -0.05) is 5.92 Å². The Bertz CT molecular complexity index is 817. The maximum absolute atomic E-state index is 11.6. The number of anilines is 1. The van der Waals surface area contributed by atoms with E-state index in [1.807, 2.05) is 0 Å². The largest absolute Gasteiger partial charge is 0.405 e. The maximum Gasteiger partial charge on any atom is 0.405 e. The van der Waals surface area contributed by atoms with E-state index in [2.05, 4.69) is 31.2 Å². The van der Waals surface area contributed by atoms with E-state index in [1.54, 1.807) is 0 Å². The van der Waals surface area contributed by atoms with E-state index in [1.165, 1.54) is 38.7 Å². The van der Waals surface area contributed by atoms with Crippen molar-refractivity contribution in [2.24, 2.45) is 5.10 Å². The summed E-state index contributed by atoms with van der Waals surface area (Å²) in [5, 5.41) is 25.3. The lowest BCUT2D eigenvalue weighted by molar-refractivity contribution is -0.393. The Morgan fingerprint density at radius 3 is 2.48 bits per heavy atom. The molecular formula is C13H13N4O7P. The van der Waals surface area contributed by atoms with Gasteiger partial charge < -0.3 is 9.05 Å². The van der Waals surface area contributed by atoms with Crippen LogP contribution in [0.25, 0.3) is 0 Å². The Morgan fingerprint density at radius 2 is 1.92 bits per heavy atom. The van der Waals surface area contributed by atoms with E-state index in [-0.39, 0.29) is 5.69 Å². The SMILES string of the molecule is COP(=O)(C#C/C=C\C=N\Nc1ccc([N+](=O)[O-])cc1[N+](=O)[O-])OC. The molecule has 0 heterocycles. The van der Waals surface area contributed by atoms with Crippen molar-refractivity contribution < 1.29 is 23.5 Å². The van der Waals surface area contributed by atoms with Gasteiger partial charge in [0.25, 0.3) is 5.69 Å². The zero-order valence-electron chi connectivity index (χ0n) is 13.1. The number of nitro benzene ring substituents is 2. The van der Waals surface area contributed by atoms with Gasteiger partial charge in [0.1, 0.15) is 5.69 Å². The molecule has 1 aromatic rings. The third kappa shape index (κ3) is 6.15. The van der Waals surface area contributed by atoms with Crippen molar-refractivity contribution in [2.75, 3.05) is 19.6 Å². The average Bonchev–Trinajstić information content (AvgIpc) is 2.60. The number of nitro groups is 2. The van der Waals surface area contributed by atoms with Crippen LogP contribution in [0.15, 0.2) is 35.5 Å². The number of hydrogen-bond donors (Lipinski definition) is 1. The number of nitrogens with one attached hydrogen (secondary N) is 1. The van der Waals surface area contributed by atoms with Crippen molar-refractivity contribution >= 4 is 30.9 Å². The first-order valence-corrected chi connectivity index (χ1v) is 7.98. The van der Waals surface area contributed by atoms with Crippen LogP contribution in [0.3, 0.4) is 0 Å². The molecule has 12 heteroatoms. The number of rotatable bonds is 7. The van der Waals surface area contributed by atoms with E-state index in [9.17, 15) is 24.8 Å². The number of allylic oxidation sites excluding steroid dienone is 2. The van der Waals surface area contributed by atoms with E-state index < -0.39 is 28.8 Å². The fourth-order valence-electron chi connectivity index (χ4n) is 1.40. The molecule has 132 valence electrons. The van der Waals surface area contributed by atoms with Gasteiger partial charge in [-0.05, 0) is 18.2 Å². The molecule has 0 aliphatic carbocycles. The van der Waals surface area contributed by atoms with Crippen molar-refractivity contribution in [3.8, 4) is 11.6 Å². The highest BCUT2D eigenvalue weighted by Gasteiger charge is 2.19. The van der Waals surface area contributed by atoms with Gasteiger partial charge in [-0.15, -0.1) is 0 Å². The normalized spacial score (nSPS) is 11.3. The second-order valence-corrected chi connectivity index (χ2v) is 6.03. The van der Waals surface area contributed by atoms with Crippen LogP contribution in [0.2, 0.25) is 0 Å². The predicted molar refractivity (Wildman–Crippen MR) is 90.4 cm³/mol. The number of hydrazone groups is 1. The number of benzene rings is 1. The Kier molecular flexibility index (Phi) is 7.43. The molecule has 0 spiro atoms. The molecule has 1 N–H and O–H groups in total. The highest BCUT2D eigenvalue weighted by Crippen LogP contribution is 2.44. The first-order valence-electron chi connectivity index (χ1n) is 6.44. The van der Waals surface area contributed by atoms with Crippen molar-refractivity contribution in [3.63, 3.8) is 0 Å². The van der Waals surface area contributed by atoms with E-state index in [4.69, 9.17) is 0 Å². The summed E-state index contributed by atoms with van der Waals surface area (Å²) in [5.74, 6) is 2.43. The van der Waals surface area contributed by atoms with E-state index >= 15 is 0 Å². The molecule has 0 atom stereocenters. The third-order valence-corrected chi connectivity index (χ3v) is 3.96. The number of hydrogen-bond acceptors (Lipinski definition) is 9. The summed E-state index contributed by atoms with van der Waals surface area (Å²) in [7, 11) is -1.02. The minimum atomic E-state index is -3.42. The van der Waals surface area contributed by atoms with Gasteiger partial charge in [0, 0.05) is 32.2 Å². The maximum atomic E-state index is 11.6. The van der Waals surface area contributed by atoms with Crippen molar-refractivity contribution in [1.29, 1.82) is 0 Å². The van der Waals surface area contributed by atoms with Gasteiger partial charge in [-0.2, -0.15) is 5.10 Å². The Labute approximate surface area is 142 Å². The fourth-order valence-corrected chi connectivity index (χ4v) is 1.97. The zero-order valence-corrected chi connectivity index (χ0v) is 14.0. The van der Waals surface area contributed by atoms with Crippen LogP contribution in [0.5, 0.6) is 0 Å². The number of non-ortho nitro benzene ring substituents is 1. The molecule has 25 heavy (non-hydrogen) atoms. The third-order valence-electron chi connectivity index (χ3n) is 2.60. The molecule has 0 bridgehead atoms. The standard InChI is InChI=1S/C13H13N4O7P/c1-23-25(22,24-2)9-5-3-4-8-14-15-12-7-6-11(16(18)19)10-13(12)17(20)21/h3-4,6-8,10,15H,1-2H3/b4-3-,14-8+. The highest BCUT2D eigenvalue weighted by atomic mass is 31.2. The second kappa shape index (κ2) is 9.29. The smallest absolute Gasteiger partial charge is 0.303 e. The molecule has 0 unspecified atom stereocenters. The van der Waals surface area contributed by atoms with E-state index in [0.717, 1.165) is 12.1 Å².